The fraction of sp³-hybridized carbons (Fsp3) is 0.526. The molecule has 7 heteroatoms. The summed E-state index contributed by atoms with van der Waals surface area (Å²) < 4.78 is 5.22. The van der Waals surface area contributed by atoms with Gasteiger partial charge < -0.3 is 19.5 Å². The molecule has 0 spiro atoms. The quantitative estimate of drug-likeness (QED) is 0.909. The molecule has 2 aromatic rings. The van der Waals surface area contributed by atoms with Crippen LogP contribution in [0.5, 0.6) is 0 Å². The van der Waals surface area contributed by atoms with E-state index in [4.69, 9.17) is 9.40 Å². The van der Waals surface area contributed by atoms with Gasteiger partial charge in [-0.3, -0.25) is 4.79 Å². The predicted molar refractivity (Wildman–Crippen MR) is 99.5 cm³/mol. The number of aromatic nitrogens is 2. The lowest BCUT2D eigenvalue weighted by molar-refractivity contribution is 0.0714. The highest BCUT2D eigenvalue weighted by atomic mass is 16.3. The molecule has 2 fully saturated rings. The molecule has 0 unspecified atom stereocenters. The molecule has 1 aliphatic carbocycles. The molecule has 26 heavy (non-hydrogen) atoms. The van der Waals surface area contributed by atoms with E-state index in [1.165, 1.54) is 31.9 Å². The third-order valence-electron chi connectivity index (χ3n) is 5.15. The molecule has 1 N–H and O–H groups in total. The number of anilines is 2. The van der Waals surface area contributed by atoms with Crippen LogP contribution < -0.4 is 10.2 Å². The Balaban J connectivity index is 1.40. The molecule has 2 aromatic heterocycles. The monoisotopic (exact) mass is 355 g/mol. The summed E-state index contributed by atoms with van der Waals surface area (Å²) in [5.74, 6) is 2.01. The van der Waals surface area contributed by atoms with Crippen LogP contribution in [0, 0.1) is 6.92 Å². The van der Waals surface area contributed by atoms with Crippen LogP contribution in [-0.2, 0) is 0 Å². The van der Waals surface area contributed by atoms with Crippen molar-refractivity contribution in [3.63, 3.8) is 0 Å². The number of amides is 1. The maximum Gasteiger partial charge on any atom is 0.289 e. The van der Waals surface area contributed by atoms with Gasteiger partial charge in [0.1, 0.15) is 5.82 Å². The first-order valence-electron chi connectivity index (χ1n) is 9.39. The molecular formula is C19H25N5O2. The molecular weight excluding hydrogens is 330 g/mol. The zero-order valence-electron chi connectivity index (χ0n) is 15.1. The van der Waals surface area contributed by atoms with Crippen molar-refractivity contribution in [3.8, 4) is 0 Å². The van der Waals surface area contributed by atoms with Gasteiger partial charge in [0, 0.05) is 44.0 Å². The molecule has 1 saturated heterocycles. The fourth-order valence-corrected chi connectivity index (χ4v) is 3.73. The molecule has 4 rings (SSSR count). The molecule has 0 bridgehead atoms. The minimum Gasteiger partial charge on any atom is -0.459 e. The lowest BCUT2D eigenvalue weighted by atomic mass is 10.2. The van der Waals surface area contributed by atoms with Gasteiger partial charge >= 0.3 is 0 Å². The van der Waals surface area contributed by atoms with Crippen LogP contribution in [0.3, 0.4) is 0 Å². The van der Waals surface area contributed by atoms with E-state index in [0.29, 0.717) is 24.9 Å². The molecule has 138 valence electrons. The summed E-state index contributed by atoms with van der Waals surface area (Å²) in [6.45, 7) is 4.83. The zero-order valence-corrected chi connectivity index (χ0v) is 15.1. The Bertz CT molecular complexity index is 747. The molecule has 0 radical (unpaired) electrons. The number of carbonyl (C=O) groups excluding carboxylic acids is 1. The Morgan fingerprint density at radius 1 is 1.19 bits per heavy atom. The van der Waals surface area contributed by atoms with Gasteiger partial charge in [-0.2, -0.15) is 4.98 Å². The third-order valence-corrected chi connectivity index (χ3v) is 5.15. The Morgan fingerprint density at radius 2 is 1.96 bits per heavy atom. The van der Waals surface area contributed by atoms with Gasteiger partial charge in [-0.1, -0.05) is 12.8 Å². The summed E-state index contributed by atoms with van der Waals surface area (Å²) >= 11 is 0. The summed E-state index contributed by atoms with van der Waals surface area (Å²) in [5.41, 5.74) is 0.963. The molecule has 0 atom stereocenters. The number of nitrogens with one attached hydrogen (secondary N) is 1. The van der Waals surface area contributed by atoms with Crippen molar-refractivity contribution in [1.29, 1.82) is 0 Å². The van der Waals surface area contributed by atoms with Crippen LogP contribution in [0.15, 0.2) is 28.9 Å². The largest absolute Gasteiger partial charge is 0.459 e. The highest BCUT2D eigenvalue weighted by molar-refractivity contribution is 5.91. The summed E-state index contributed by atoms with van der Waals surface area (Å²) in [6, 6.07) is 5.96. The van der Waals surface area contributed by atoms with Crippen LogP contribution in [0.2, 0.25) is 0 Å². The molecule has 3 heterocycles. The minimum atomic E-state index is -0.0443. The molecule has 1 aliphatic heterocycles. The van der Waals surface area contributed by atoms with Gasteiger partial charge in [-0.05, 0) is 31.9 Å². The number of aryl methyl sites for hydroxylation is 1. The highest BCUT2D eigenvalue weighted by Crippen LogP contribution is 2.23. The van der Waals surface area contributed by atoms with Gasteiger partial charge in [-0.15, -0.1) is 0 Å². The van der Waals surface area contributed by atoms with Crippen LogP contribution in [0.25, 0.3) is 0 Å². The van der Waals surface area contributed by atoms with Crippen molar-refractivity contribution in [2.45, 2.75) is 38.6 Å². The van der Waals surface area contributed by atoms with Crippen LogP contribution in [0.4, 0.5) is 11.8 Å². The first-order valence-corrected chi connectivity index (χ1v) is 9.39. The zero-order chi connectivity index (χ0) is 17.9. The Kier molecular flexibility index (Phi) is 4.77. The Morgan fingerprint density at radius 3 is 2.65 bits per heavy atom. The Hall–Kier alpha value is -2.57. The van der Waals surface area contributed by atoms with Crippen LogP contribution in [0.1, 0.15) is 41.9 Å². The number of hydrogen-bond donors (Lipinski definition) is 1. The second-order valence-electron chi connectivity index (χ2n) is 7.07. The first-order chi connectivity index (χ1) is 12.7. The van der Waals surface area contributed by atoms with E-state index < -0.39 is 0 Å². The smallest absolute Gasteiger partial charge is 0.289 e. The van der Waals surface area contributed by atoms with E-state index in [-0.39, 0.29) is 5.91 Å². The molecule has 7 nitrogen and oxygen atoms in total. The maximum absolute atomic E-state index is 12.4. The van der Waals surface area contributed by atoms with Crippen molar-refractivity contribution in [2.75, 3.05) is 36.4 Å². The lowest BCUT2D eigenvalue weighted by Crippen LogP contribution is -2.49. The average molecular weight is 355 g/mol. The van der Waals surface area contributed by atoms with E-state index in [1.807, 2.05) is 17.9 Å². The normalized spacial score (nSPS) is 18.3. The lowest BCUT2D eigenvalue weighted by Gasteiger charge is -2.35. The van der Waals surface area contributed by atoms with Gasteiger partial charge in [-0.25, -0.2) is 4.98 Å². The third kappa shape index (κ3) is 3.66. The molecule has 1 amide bonds. The molecule has 0 aromatic carbocycles. The summed E-state index contributed by atoms with van der Waals surface area (Å²) in [6.07, 6.45) is 6.48. The highest BCUT2D eigenvalue weighted by Gasteiger charge is 2.25. The summed E-state index contributed by atoms with van der Waals surface area (Å²) in [4.78, 5) is 25.7. The topological polar surface area (TPSA) is 74.5 Å². The van der Waals surface area contributed by atoms with Gasteiger partial charge in [0.05, 0.1) is 6.26 Å². The van der Waals surface area contributed by atoms with Crippen molar-refractivity contribution < 1.29 is 9.21 Å². The van der Waals surface area contributed by atoms with Crippen LogP contribution in [-0.4, -0.2) is 53.0 Å². The summed E-state index contributed by atoms with van der Waals surface area (Å²) in [7, 11) is 0. The second-order valence-corrected chi connectivity index (χ2v) is 7.07. The van der Waals surface area contributed by atoms with Gasteiger partial charge in [0.25, 0.3) is 5.91 Å². The summed E-state index contributed by atoms with van der Waals surface area (Å²) in [5, 5.41) is 3.48. The van der Waals surface area contributed by atoms with E-state index >= 15 is 0 Å². The number of carbonyl (C=O) groups is 1. The van der Waals surface area contributed by atoms with Crippen molar-refractivity contribution in [1.82, 2.24) is 14.9 Å². The van der Waals surface area contributed by atoms with E-state index in [1.54, 1.807) is 12.1 Å². The fourth-order valence-electron chi connectivity index (χ4n) is 3.73. The first kappa shape index (κ1) is 16.9. The molecule has 1 saturated carbocycles. The predicted octanol–water partition coefficient (Wildman–Crippen LogP) is 2.69. The number of furan rings is 1. The Labute approximate surface area is 153 Å². The van der Waals surface area contributed by atoms with Crippen molar-refractivity contribution in [3.05, 3.63) is 35.9 Å². The number of nitrogens with zero attached hydrogens (tertiary/aromatic N) is 4. The number of rotatable bonds is 4. The van der Waals surface area contributed by atoms with Crippen molar-refractivity contribution in [2.24, 2.45) is 0 Å². The van der Waals surface area contributed by atoms with E-state index in [9.17, 15) is 4.79 Å². The number of piperazine rings is 1. The standard InChI is InChI=1S/C19H25N5O2/c1-14-13-17(22-19(20-14)21-15-5-2-3-6-15)23-8-10-24(11-9-23)18(25)16-7-4-12-26-16/h4,7,12-13,15H,2-3,5-6,8-11H2,1H3,(H,20,21,22). The number of hydrogen-bond acceptors (Lipinski definition) is 6. The van der Waals surface area contributed by atoms with Crippen molar-refractivity contribution >= 4 is 17.7 Å². The van der Waals surface area contributed by atoms with Gasteiger partial charge in [0.15, 0.2) is 5.76 Å². The van der Waals surface area contributed by atoms with Gasteiger partial charge in [0.2, 0.25) is 5.95 Å². The minimum absolute atomic E-state index is 0.0443. The SMILES string of the molecule is Cc1cc(N2CCN(C(=O)c3ccco3)CC2)nc(NC2CCCC2)n1. The van der Waals surface area contributed by atoms with E-state index in [0.717, 1.165) is 30.5 Å². The average Bonchev–Trinajstić information content (AvgIpc) is 3.35. The second kappa shape index (κ2) is 7.35. The van der Waals surface area contributed by atoms with Crippen LogP contribution >= 0.6 is 0 Å². The van der Waals surface area contributed by atoms with E-state index in [2.05, 4.69) is 15.2 Å². The maximum atomic E-state index is 12.4. The molecule has 2 aliphatic rings.